The number of phenolic OH excluding ortho intramolecular Hbond substituents is 1. The quantitative estimate of drug-likeness (QED) is 0.129. The predicted molar refractivity (Wildman–Crippen MR) is 158 cm³/mol. The van der Waals surface area contributed by atoms with Gasteiger partial charge in [-0.05, 0) is 52.9 Å². The van der Waals surface area contributed by atoms with Crippen molar-refractivity contribution in [3.8, 4) is 11.5 Å². The lowest BCUT2D eigenvalue weighted by atomic mass is 9.87. The van der Waals surface area contributed by atoms with Gasteiger partial charge in [-0.25, -0.2) is 14.6 Å². The Balaban J connectivity index is 1.59. The molecule has 3 aromatic rings. The molecule has 16 heteroatoms. The number of allylic oxidation sites excluding steroid dienone is 4. The molecule has 1 aliphatic carbocycles. The van der Waals surface area contributed by atoms with E-state index in [1.807, 2.05) is 0 Å². The zero-order valence-corrected chi connectivity index (χ0v) is 23.5. The molecule has 2 aliphatic rings. The summed E-state index contributed by atoms with van der Waals surface area (Å²) in [5.74, 6) is -5.42. The molecule has 1 heterocycles. The van der Waals surface area contributed by atoms with Crippen molar-refractivity contribution >= 4 is 55.7 Å². The highest BCUT2D eigenvalue weighted by atomic mass is 32.2. The zero-order valence-electron chi connectivity index (χ0n) is 22.7. The number of aliphatic carboxylic acids is 1. The van der Waals surface area contributed by atoms with Gasteiger partial charge in [-0.15, -0.1) is 5.11 Å². The largest absolute Gasteiger partial charge is 0.506 e. The fourth-order valence-electron chi connectivity index (χ4n) is 4.83. The number of carbonyl (C=O) groups is 3. The van der Waals surface area contributed by atoms with Gasteiger partial charge in [-0.1, -0.05) is 35.6 Å². The number of nitrogens with zero attached hydrogens (tertiary/aromatic N) is 3. The van der Waals surface area contributed by atoms with Crippen LogP contribution in [-0.4, -0.2) is 74.0 Å². The van der Waals surface area contributed by atoms with E-state index in [-0.39, 0.29) is 27.5 Å². The Labute approximate surface area is 253 Å². The molecule has 0 saturated heterocycles. The number of rotatable bonds is 9. The van der Waals surface area contributed by atoms with E-state index in [1.54, 1.807) is 24.3 Å². The van der Waals surface area contributed by atoms with Gasteiger partial charge in [0.15, 0.2) is 11.4 Å². The predicted octanol–water partition coefficient (Wildman–Crippen LogP) is 4.17. The average molecular weight is 635 g/mol. The minimum absolute atomic E-state index is 0.0757. The van der Waals surface area contributed by atoms with Crippen molar-refractivity contribution in [2.24, 2.45) is 10.3 Å². The van der Waals surface area contributed by atoms with Crippen LogP contribution in [0.15, 0.2) is 93.8 Å². The lowest BCUT2D eigenvalue weighted by Crippen LogP contribution is -2.29. The fraction of sp³-hybridized carbons (Fsp3) is 0.0690. The van der Waals surface area contributed by atoms with Crippen molar-refractivity contribution in [3.05, 3.63) is 95.2 Å². The summed E-state index contributed by atoms with van der Waals surface area (Å²) in [5, 5.41) is 61.9. The number of hydrogen-bond donors (Lipinski definition) is 7. The van der Waals surface area contributed by atoms with Crippen LogP contribution in [0.3, 0.4) is 0 Å². The first-order valence-electron chi connectivity index (χ1n) is 12.8. The number of benzene rings is 3. The molecule has 230 valence electrons. The van der Waals surface area contributed by atoms with Crippen LogP contribution in [0.1, 0.15) is 26.3 Å². The molecule has 5 rings (SSSR count). The molecule has 0 bridgehead atoms. The summed E-state index contributed by atoms with van der Waals surface area (Å²) in [4.78, 5) is 33.6. The van der Waals surface area contributed by atoms with Crippen LogP contribution >= 0.6 is 0 Å². The second-order valence-electron chi connectivity index (χ2n) is 9.70. The fourth-order valence-corrected chi connectivity index (χ4v) is 5.48. The van der Waals surface area contributed by atoms with Crippen molar-refractivity contribution in [1.82, 2.24) is 5.01 Å². The number of anilines is 1. The topological polar surface area (TPSA) is 247 Å². The number of aromatic carboxylic acids is 2. The molecule has 15 nitrogen and oxygen atoms in total. The Morgan fingerprint density at radius 2 is 1.69 bits per heavy atom. The highest BCUT2D eigenvalue weighted by Crippen LogP contribution is 2.43. The molecule has 1 unspecified atom stereocenters. The summed E-state index contributed by atoms with van der Waals surface area (Å²) >= 11 is 0. The smallest absolute Gasteiger partial charge is 0.339 e. The summed E-state index contributed by atoms with van der Waals surface area (Å²) in [6.07, 6.45) is 9.29. The minimum atomic E-state index is -4.93. The van der Waals surface area contributed by atoms with Crippen LogP contribution in [0.2, 0.25) is 0 Å². The van der Waals surface area contributed by atoms with Crippen LogP contribution in [0, 0.1) is 0 Å². The van der Waals surface area contributed by atoms with E-state index >= 15 is 0 Å². The maximum atomic E-state index is 12.3. The number of hydrogen-bond acceptors (Lipinski definition) is 10. The number of aromatic hydroxyl groups is 2. The molecule has 45 heavy (non-hydrogen) atoms. The number of phenols is 2. The maximum Gasteiger partial charge on any atom is 0.339 e. The van der Waals surface area contributed by atoms with Crippen molar-refractivity contribution in [3.63, 3.8) is 0 Å². The van der Waals surface area contributed by atoms with Gasteiger partial charge in [0, 0.05) is 22.8 Å². The van der Waals surface area contributed by atoms with Gasteiger partial charge in [-0.3, -0.25) is 9.35 Å². The molecule has 0 aromatic heterocycles. The van der Waals surface area contributed by atoms with Gasteiger partial charge in [-0.2, -0.15) is 8.42 Å². The number of carboxylic acids is 3. The Hall–Kier alpha value is -6.00. The molecule has 0 radical (unpaired) electrons. The van der Waals surface area contributed by atoms with Crippen molar-refractivity contribution in [2.75, 3.05) is 11.9 Å². The average Bonchev–Trinajstić information content (AvgIpc) is 2.99. The molecule has 3 aromatic carbocycles. The van der Waals surface area contributed by atoms with E-state index in [0.29, 0.717) is 11.3 Å². The van der Waals surface area contributed by atoms with Crippen molar-refractivity contribution in [2.45, 2.75) is 10.9 Å². The van der Waals surface area contributed by atoms with Gasteiger partial charge in [0.25, 0.3) is 10.1 Å². The normalized spacial score (nSPS) is 15.9. The molecule has 7 N–H and O–H groups in total. The van der Waals surface area contributed by atoms with Crippen LogP contribution in [0.5, 0.6) is 11.5 Å². The lowest BCUT2D eigenvalue weighted by Gasteiger charge is -2.30. The van der Waals surface area contributed by atoms with Crippen LogP contribution < -0.4 is 5.32 Å². The Kier molecular flexibility index (Phi) is 7.84. The van der Waals surface area contributed by atoms with E-state index in [9.17, 15) is 47.8 Å². The van der Waals surface area contributed by atoms with Gasteiger partial charge < -0.3 is 30.8 Å². The van der Waals surface area contributed by atoms with Crippen LogP contribution in [0.4, 0.5) is 11.4 Å². The third kappa shape index (κ3) is 5.95. The molecule has 0 fully saturated rings. The SMILES string of the molecule is O=C(O)CNc1ccc2cc(S(=O)(=O)O)c(N=NN3C=CC(c4cc(C(=O)O)cc(C(=O)O)c4O)=C4C=CC=CC43)c(O)c2c1. The number of nitrogens with one attached hydrogen (secondary N) is 1. The van der Waals surface area contributed by atoms with Crippen molar-refractivity contribution in [1.29, 1.82) is 0 Å². The van der Waals surface area contributed by atoms with Gasteiger partial charge >= 0.3 is 17.9 Å². The Morgan fingerprint density at radius 3 is 2.36 bits per heavy atom. The summed E-state index contributed by atoms with van der Waals surface area (Å²) in [6.45, 7) is -0.430. The number of fused-ring (bicyclic) bond motifs is 2. The molecular formula is C29H22N4O11S. The monoisotopic (exact) mass is 634 g/mol. The molecular weight excluding hydrogens is 612 g/mol. The van der Waals surface area contributed by atoms with Gasteiger partial charge in [0.2, 0.25) is 0 Å². The van der Waals surface area contributed by atoms with E-state index in [1.165, 1.54) is 35.5 Å². The van der Waals surface area contributed by atoms with E-state index in [0.717, 1.165) is 18.2 Å². The zero-order chi connectivity index (χ0) is 32.6. The first kappa shape index (κ1) is 30.5. The Bertz CT molecular complexity index is 2060. The standard InChI is InChI=1S/C29H22N4O11S/c34-24(35)13-30-16-6-5-14-11-23(45(42,43)44)25(27(37)19(14)12-16)31-32-33-8-7-17(18-3-1-2-4-22(18)33)20-9-15(28(38)39)10-21(26(20)36)29(40)41/h1-12,22,30,36-37H,13H2,(H,34,35)(H,38,39)(H,40,41)(H,42,43,44). The number of carboxylic acid groups (broad SMARTS) is 3. The maximum absolute atomic E-state index is 12.3. The molecule has 0 spiro atoms. The molecule has 0 saturated carbocycles. The summed E-state index contributed by atoms with van der Waals surface area (Å²) in [7, 11) is -4.93. The second-order valence-corrected chi connectivity index (χ2v) is 11.1. The first-order valence-corrected chi connectivity index (χ1v) is 14.2. The molecule has 1 atom stereocenters. The van der Waals surface area contributed by atoms with E-state index in [2.05, 4.69) is 15.7 Å². The molecule has 0 amide bonds. The van der Waals surface area contributed by atoms with Crippen LogP contribution in [0.25, 0.3) is 16.3 Å². The summed E-state index contributed by atoms with van der Waals surface area (Å²) in [6, 6.07) is 6.48. The second kappa shape index (κ2) is 11.6. The van der Waals surface area contributed by atoms with E-state index < -0.39 is 68.3 Å². The Morgan fingerprint density at radius 1 is 0.933 bits per heavy atom. The highest BCUT2D eigenvalue weighted by molar-refractivity contribution is 7.86. The first-order chi connectivity index (χ1) is 21.3. The third-order valence-electron chi connectivity index (χ3n) is 6.89. The van der Waals surface area contributed by atoms with Gasteiger partial charge in [0.05, 0.1) is 11.6 Å². The summed E-state index contributed by atoms with van der Waals surface area (Å²) < 4.78 is 34.4. The lowest BCUT2D eigenvalue weighted by molar-refractivity contribution is -0.134. The van der Waals surface area contributed by atoms with Crippen molar-refractivity contribution < 1.29 is 52.9 Å². The molecule has 1 aliphatic heterocycles. The van der Waals surface area contributed by atoms with Crippen LogP contribution in [-0.2, 0) is 14.9 Å². The highest BCUT2D eigenvalue weighted by Gasteiger charge is 2.29. The van der Waals surface area contributed by atoms with E-state index in [4.69, 9.17) is 5.11 Å². The van der Waals surface area contributed by atoms with Gasteiger partial charge in [0.1, 0.15) is 22.8 Å². The minimum Gasteiger partial charge on any atom is -0.506 e. The third-order valence-corrected chi connectivity index (χ3v) is 7.76. The summed E-state index contributed by atoms with van der Waals surface area (Å²) in [5.41, 5.74) is -0.688.